The Labute approximate surface area is 134 Å². The van der Waals surface area contributed by atoms with E-state index in [2.05, 4.69) is 4.98 Å². The Morgan fingerprint density at radius 1 is 1.26 bits per heavy atom. The minimum Gasteiger partial charge on any atom is -0.379 e. The highest BCUT2D eigenvalue weighted by Crippen LogP contribution is 2.27. The number of aromatic amines is 1. The molecule has 3 heterocycles. The summed E-state index contributed by atoms with van der Waals surface area (Å²) in [5.74, 6) is -0.0190. The molecule has 23 heavy (non-hydrogen) atoms. The van der Waals surface area contributed by atoms with Crippen molar-refractivity contribution in [2.75, 3.05) is 26.4 Å². The van der Waals surface area contributed by atoms with Gasteiger partial charge < -0.3 is 19.4 Å². The Bertz CT molecular complexity index is 667. The number of ether oxygens (including phenoxy) is 2. The van der Waals surface area contributed by atoms with Gasteiger partial charge in [-0.05, 0) is 37.7 Å². The standard InChI is InChI=1S/C17H22N2O4/c20-16-9-12(11-3-1-2-4-13(11)18-16)17(21)19-6-8-23-15-10-22-7-5-14(15)19/h9,14-15H,1-8,10H2,(H,18,20)/t14-,15+/m0/s1. The van der Waals surface area contributed by atoms with Crippen LogP contribution in [0.15, 0.2) is 10.9 Å². The van der Waals surface area contributed by atoms with Crippen LogP contribution >= 0.6 is 0 Å². The second kappa shape index (κ2) is 6.09. The summed E-state index contributed by atoms with van der Waals surface area (Å²) in [6, 6.07) is 1.54. The van der Waals surface area contributed by atoms with Gasteiger partial charge in [0.25, 0.3) is 5.91 Å². The van der Waals surface area contributed by atoms with Crippen LogP contribution in [-0.2, 0) is 22.3 Å². The number of amides is 1. The Morgan fingerprint density at radius 2 is 2.13 bits per heavy atom. The van der Waals surface area contributed by atoms with Gasteiger partial charge in [-0.3, -0.25) is 9.59 Å². The smallest absolute Gasteiger partial charge is 0.254 e. The van der Waals surface area contributed by atoms with E-state index in [1.807, 2.05) is 4.90 Å². The van der Waals surface area contributed by atoms with Crippen LogP contribution < -0.4 is 5.56 Å². The maximum absolute atomic E-state index is 13.2. The van der Waals surface area contributed by atoms with Crippen LogP contribution in [0.5, 0.6) is 0 Å². The summed E-state index contributed by atoms with van der Waals surface area (Å²) in [4.78, 5) is 29.9. The number of aryl methyl sites for hydroxylation is 1. The van der Waals surface area contributed by atoms with E-state index in [0.717, 1.165) is 43.4 Å². The second-order valence-corrected chi connectivity index (χ2v) is 6.55. The van der Waals surface area contributed by atoms with E-state index in [-0.39, 0.29) is 23.6 Å². The number of morpholine rings is 1. The normalized spacial score (nSPS) is 27.2. The highest BCUT2D eigenvalue weighted by Gasteiger charge is 2.38. The topological polar surface area (TPSA) is 71.6 Å². The predicted molar refractivity (Wildman–Crippen MR) is 83.7 cm³/mol. The number of fused-ring (bicyclic) bond motifs is 2. The molecule has 2 saturated heterocycles. The molecule has 124 valence electrons. The van der Waals surface area contributed by atoms with Crippen molar-refractivity contribution in [3.8, 4) is 0 Å². The SMILES string of the molecule is O=C(c1cc(=O)[nH]c2c1CCCC2)N1CCO[C@@H]2COCC[C@@H]21. The lowest BCUT2D eigenvalue weighted by molar-refractivity contribution is -0.124. The van der Waals surface area contributed by atoms with Crippen molar-refractivity contribution in [1.29, 1.82) is 0 Å². The van der Waals surface area contributed by atoms with Crippen molar-refractivity contribution < 1.29 is 14.3 Å². The quantitative estimate of drug-likeness (QED) is 0.834. The summed E-state index contributed by atoms with van der Waals surface area (Å²) >= 11 is 0. The Kier molecular flexibility index (Phi) is 3.95. The molecule has 6 nitrogen and oxygen atoms in total. The van der Waals surface area contributed by atoms with Crippen LogP contribution in [0.4, 0.5) is 0 Å². The molecular formula is C17H22N2O4. The molecule has 1 amide bonds. The van der Waals surface area contributed by atoms with Crippen molar-refractivity contribution >= 4 is 5.91 Å². The average Bonchev–Trinajstić information content (AvgIpc) is 2.60. The first-order valence-corrected chi connectivity index (χ1v) is 8.49. The summed E-state index contributed by atoms with van der Waals surface area (Å²) in [7, 11) is 0. The summed E-state index contributed by atoms with van der Waals surface area (Å²) < 4.78 is 11.2. The fourth-order valence-electron chi connectivity index (χ4n) is 4.03. The monoisotopic (exact) mass is 318 g/mol. The van der Waals surface area contributed by atoms with Crippen LogP contribution in [0.2, 0.25) is 0 Å². The molecule has 2 fully saturated rings. The third-order valence-electron chi connectivity index (χ3n) is 5.17. The predicted octanol–water partition coefficient (Wildman–Crippen LogP) is 0.884. The van der Waals surface area contributed by atoms with Crippen molar-refractivity contribution in [3.63, 3.8) is 0 Å². The molecule has 1 aromatic rings. The lowest BCUT2D eigenvalue weighted by Gasteiger charge is -2.43. The molecule has 1 aromatic heterocycles. The van der Waals surface area contributed by atoms with E-state index in [4.69, 9.17) is 9.47 Å². The first-order valence-electron chi connectivity index (χ1n) is 8.49. The number of pyridine rings is 1. The van der Waals surface area contributed by atoms with Crippen LogP contribution in [0, 0.1) is 0 Å². The minimum atomic E-state index is -0.175. The molecule has 2 atom stereocenters. The zero-order chi connectivity index (χ0) is 15.8. The van der Waals surface area contributed by atoms with Crippen molar-refractivity contribution in [3.05, 3.63) is 33.2 Å². The second-order valence-electron chi connectivity index (χ2n) is 6.55. The fourth-order valence-corrected chi connectivity index (χ4v) is 4.03. The lowest BCUT2D eigenvalue weighted by atomic mass is 9.91. The summed E-state index contributed by atoms with van der Waals surface area (Å²) in [6.07, 6.45) is 4.62. The summed E-state index contributed by atoms with van der Waals surface area (Å²) in [6.45, 7) is 2.31. The largest absolute Gasteiger partial charge is 0.379 e. The molecule has 4 rings (SSSR count). The highest BCUT2D eigenvalue weighted by molar-refractivity contribution is 5.96. The van der Waals surface area contributed by atoms with Gasteiger partial charge in [-0.25, -0.2) is 0 Å². The van der Waals surface area contributed by atoms with Crippen LogP contribution in [0.3, 0.4) is 0 Å². The Morgan fingerprint density at radius 3 is 3.04 bits per heavy atom. The summed E-state index contributed by atoms with van der Waals surface area (Å²) in [5.41, 5.74) is 2.40. The van der Waals surface area contributed by atoms with Gasteiger partial charge >= 0.3 is 0 Å². The van der Waals surface area contributed by atoms with Gasteiger partial charge in [0, 0.05) is 30.5 Å². The zero-order valence-electron chi connectivity index (χ0n) is 13.2. The van der Waals surface area contributed by atoms with Gasteiger partial charge in [0.1, 0.15) is 6.10 Å². The minimum absolute atomic E-state index is 0.0190. The average molecular weight is 318 g/mol. The summed E-state index contributed by atoms with van der Waals surface area (Å²) in [5, 5.41) is 0. The molecule has 3 aliphatic rings. The van der Waals surface area contributed by atoms with Gasteiger partial charge in [0.2, 0.25) is 5.56 Å². The molecule has 2 aliphatic heterocycles. The maximum Gasteiger partial charge on any atom is 0.254 e. The molecule has 1 N–H and O–H groups in total. The fraction of sp³-hybridized carbons (Fsp3) is 0.647. The molecule has 1 aliphatic carbocycles. The number of nitrogens with one attached hydrogen (secondary N) is 1. The van der Waals surface area contributed by atoms with E-state index >= 15 is 0 Å². The third-order valence-corrected chi connectivity index (χ3v) is 5.17. The van der Waals surface area contributed by atoms with E-state index in [1.54, 1.807) is 0 Å². The molecule has 0 bridgehead atoms. The Hall–Kier alpha value is -1.66. The molecule has 0 spiro atoms. The number of rotatable bonds is 1. The van der Waals surface area contributed by atoms with E-state index in [9.17, 15) is 9.59 Å². The Balaban J connectivity index is 1.68. The molecule has 6 heteroatoms. The molecule has 0 unspecified atom stereocenters. The van der Waals surface area contributed by atoms with Crippen molar-refractivity contribution in [2.24, 2.45) is 0 Å². The first-order chi connectivity index (χ1) is 11.2. The van der Waals surface area contributed by atoms with Gasteiger partial charge in [-0.15, -0.1) is 0 Å². The van der Waals surface area contributed by atoms with Crippen molar-refractivity contribution in [1.82, 2.24) is 9.88 Å². The number of carbonyl (C=O) groups is 1. The van der Waals surface area contributed by atoms with Gasteiger partial charge in [-0.1, -0.05) is 0 Å². The number of aromatic nitrogens is 1. The number of hydrogen-bond donors (Lipinski definition) is 1. The van der Waals surface area contributed by atoms with Crippen LogP contribution in [0.25, 0.3) is 0 Å². The highest BCUT2D eigenvalue weighted by atomic mass is 16.5. The molecular weight excluding hydrogens is 296 g/mol. The number of H-pyrrole nitrogens is 1. The van der Waals surface area contributed by atoms with Gasteiger partial charge in [-0.2, -0.15) is 0 Å². The third kappa shape index (κ3) is 2.70. The molecule has 0 radical (unpaired) electrons. The van der Waals surface area contributed by atoms with E-state index in [0.29, 0.717) is 31.9 Å². The molecule has 0 saturated carbocycles. The molecule has 0 aromatic carbocycles. The maximum atomic E-state index is 13.2. The van der Waals surface area contributed by atoms with Gasteiger partial charge in [0.05, 0.1) is 19.3 Å². The number of hydrogen-bond acceptors (Lipinski definition) is 4. The number of nitrogens with zero attached hydrogens (tertiary/aromatic N) is 1. The van der Waals surface area contributed by atoms with Crippen LogP contribution in [0.1, 0.15) is 40.9 Å². The lowest BCUT2D eigenvalue weighted by Crippen LogP contribution is -2.57. The van der Waals surface area contributed by atoms with E-state index in [1.165, 1.54) is 6.07 Å². The van der Waals surface area contributed by atoms with Crippen LogP contribution in [-0.4, -0.2) is 54.3 Å². The number of carbonyl (C=O) groups excluding carboxylic acids is 1. The van der Waals surface area contributed by atoms with Gasteiger partial charge in [0.15, 0.2) is 0 Å². The first kappa shape index (κ1) is 14.9. The van der Waals surface area contributed by atoms with E-state index < -0.39 is 0 Å². The zero-order valence-corrected chi connectivity index (χ0v) is 13.2. The van der Waals surface area contributed by atoms with Crippen molar-refractivity contribution in [2.45, 2.75) is 44.2 Å².